The molecule has 6 nitrogen and oxygen atoms in total. The van der Waals surface area contributed by atoms with E-state index in [0.717, 1.165) is 51.6 Å². The van der Waals surface area contributed by atoms with Crippen LogP contribution < -0.4 is 5.32 Å². The van der Waals surface area contributed by atoms with E-state index in [2.05, 4.69) is 22.1 Å². The Morgan fingerprint density at radius 2 is 2.27 bits per heavy atom. The zero-order chi connectivity index (χ0) is 15.8. The number of likely N-dealkylation sites (tertiary alicyclic amines) is 1. The maximum atomic E-state index is 11.3. The summed E-state index contributed by atoms with van der Waals surface area (Å²) in [6.07, 6.45) is 3.51. The van der Waals surface area contributed by atoms with E-state index < -0.39 is 0 Å². The van der Waals surface area contributed by atoms with Gasteiger partial charge < -0.3 is 19.7 Å². The number of esters is 1. The molecule has 2 saturated heterocycles. The van der Waals surface area contributed by atoms with Crippen LogP contribution in [-0.2, 0) is 14.3 Å². The summed E-state index contributed by atoms with van der Waals surface area (Å²) in [5.41, 5.74) is 0.334. The highest BCUT2D eigenvalue weighted by Crippen LogP contribution is 2.38. The molecule has 22 heavy (non-hydrogen) atoms. The van der Waals surface area contributed by atoms with Gasteiger partial charge in [-0.3, -0.25) is 9.79 Å². The number of carbonyl (C=O) groups is 1. The van der Waals surface area contributed by atoms with Crippen LogP contribution in [-0.4, -0.2) is 62.8 Å². The Kier molecular flexibility index (Phi) is 6.49. The van der Waals surface area contributed by atoms with Gasteiger partial charge in [-0.05, 0) is 33.1 Å². The summed E-state index contributed by atoms with van der Waals surface area (Å²) in [6.45, 7) is 9.70. The smallest absolute Gasteiger partial charge is 0.305 e. The van der Waals surface area contributed by atoms with Crippen molar-refractivity contribution in [1.82, 2.24) is 10.2 Å². The van der Waals surface area contributed by atoms with Gasteiger partial charge in [-0.25, -0.2) is 0 Å². The lowest BCUT2D eigenvalue weighted by Gasteiger charge is -2.24. The Morgan fingerprint density at radius 1 is 1.41 bits per heavy atom. The van der Waals surface area contributed by atoms with Gasteiger partial charge >= 0.3 is 5.97 Å². The van der Waals surface area contributed by atoms with Crippen molar-refractivity contribution in [3.63, 3.8) is 0 Å². The normalized spacial score (nSPS) is 25.0. The molecule has 0 radical (unpaired) electrons. The standard InChI is InChI=1S/C16H29N3O3/c1-3-17-15(18-9-5-6-14(20)22-4-2)19-10-7-16(12-19)8-11-21-13-16/h3-13H2,1-2H3,(H,17,18). The van der Waals surface area contributed by atoms with Crippen molar-refractivity contribution in [3.8, 4) is 0 Å². The Bertz CT molecular complexity index is 392. The fraction of sp³-hybridized carbons (Fsp3) is 0.875. The van der Waals surface area contributed by atoms with Gasteiger partial charge in [0.1, 0.15) is 0 Å². The second-order valence-corrected chi connectivity index (χ2v) is 6.12. The largest absolute Gasteiger partial charge is 0.466 e. The molecule has 2 heterocycles. The third-order valence-electron chi connectivity index (χ3n) is 4.36. The van der Waals surface area contributed by atoms with E-state index in [-0.39, 0.29) is 5.97 Å². The molecule has 2 rings (SSSR count). The Balaban J connectivity index is 1.81. The molecule has 2 aliphatic heterocycles. The van der Waals surface area contributed by atoms with Crippen LogP contribution in [0.5, 0.6) is 0 Å². The highest BCUT2D eigenvalue weighted by atomic mass is 16.5. The lowest BCUT2D eigenvalue weighted by atomic mass is 9.87. The summed E-state index contributed by atoms with van der Waals surface area (Å²) >= 11 is 0. The first-order valence-electron chi connectivity index (χ1n) is 8.46. The second kappa shape index (κ2) is 8.36. The highest BCUT2D eigenvalue weighted by Gasteiger charge is 2.42. The molecular formula is C16H29N3O3. The molecule has 0 aromatic carbocycles. The summed E-state index contributed by atoms with van der Waals surface area (Å²) in [5.74, 6) is 0.834. The van der Waals surface area contributed by atoms with Crippen molar-refractivity contribution in [2.24, 2.45) is 10.4 Å². The van der Waals surface area contributed by atoms with Gasteiger partial charge in [-0.2, -0.15) is 0 Å². The third kappa shape index (κ3) is 4.60. The van der Waals surface area contributed by atoms with E-state index in [9.17, 15) is 4.79 Å². The molecule has 0 aromatic heterocycles. The summed E-state index contributed by atoms with van der Waals surface area (Å²) < 4.78 is 10.5. The maximum absolute atomic E-state index is 11.3. The van der Waals surface area contributed by atoms with Gasteiger partial charge in [0.2, 0.25) is 0 Å². The molecule has 0 saturated carbocycles. The number of aliphatic imine (C=N–C) groups is 1. The molecule has 1 atom stereocenters. The average molecular weight is 311 g/mol. The lowest BCUT2D eigenvalue weighted by molar-refractivity contribution is -0.143. The van der Waals surface area contributed by atoms with Crippen LogP contribution >= 0.6 is 0 Å². The molecular weight excluding hydrogens is 282 g/mol. The topological polar surface area (TPSA) is 63.2 Å². The minimum Gasteiger partial charge on any atom is -0.466 e. The minimum atomic E-state index is -0.133. The monoisotopic (exact) mass is 311 g/mol. The SMILES string of the molecule is CCNC(=NCCCC(=O)OCC)N1CCC2(CCOC2)C1. The molecule has 1 spiro atoms. The number of ether oxygens (including phenoxy) is 2. The molecule has 6 heteroatoms. The lowest BCUT2D eigenvalue weighted by Crippen LogP contribution is -2.41. The van der Waals surface area contributed by atoms with E-state index in [4.69, 9.17) is 9.47 Å². The van der Waals surface area contributed by atoms with Crippen molar-refractivity contribution in [3.05, 3.63) is 0 Å². The van der Waals surface area contributed by atoms with E-state index in [0.29, 0.717) is 25.0 Å². The van der Waals surface area contributed by atoms with Crippen LogP contribution in [0.2, 0.25) is 0 Å². The van der Waals surface area contributed by atoms with Crippen LogP contribution in [0.25, 0.3) is 0 Å². The third-order valence-corrected chi connectivity index (χ3v) is 4.36. The van der Waals surface area contributed by atoms with Crippen LogP contribution in [0.15, 0.2) is 4.99 Å². The Morgan fingerprint density at radius 3 is 2.95 bits per heavy atom. The Labute approximate surface area is 133 Å². The number of guanidine groups is 1. The zero-order valence-electron chi connectivity index (χ0n) is 13.9. The number of nitrogens with one attached hydrogen (secondary N) is 1. The van der Waals surface area contributed by atoms with Crippen LogP contribution in [0.4, 0.5) is 0 Å². The molecule has 0 aliphatic carbocycles. The fourth-order valence-electron chi connectivity index (χ4n) is 3.15. The molecule has 2 aliphatic rings. The number of rotatable bonds is 6. The molecule has 0 bridgehead atoms. The summed E-state index contributed by atoms with van der Waals surface area (Å²) in [4.78, 5) is 18.3. The average Bonchev–Trinajstić information content (AvgIpc) is 3.13. The van der Waals surface area contributed by atoms with Crippen molar-refractivity contribution in [2.45, 2.75) is 39.5 Å². The quantitative estimate of drug-likeness (QED) is 0.348. The van der Waals surface area contributed by atoms with Gasteiger partial charge in [0, 0.05) is 44.6 Å². The van der Waals surface area contributed by atoms with Crippen molar-refractivity contribution >= 4 is 11.9 Å². The number of hydrogen-bond acceptors (Lipinski definition) is 4. The van der Waals surface area contributed by atoms with Crippen molar-refractivity contribution in [2.75, 3.05) is 46.0 Å². The molecule has 1 unspecified atom stereocenters. The van der Waals surface area contributed by atoms with Gasteiger partial charge in [0.05, 0.1) is 13.2 Å². The summed E-state index contributed by atoms with van der Waals surface area (Å²) in [7, 11) is 0. The predicted octanol–water partition coefficient (Wildman–Crippen LogP) is 1.41. The van der Waals surface area contributed by atoms with Gasteiger partial charge in [0.15, 0.2) is 5.96 Å². The van der Waals surface area contributed by atoms with Crippen LogP contribution in [0.1, 0.15) is 39.5 Å². The first-order valence-corrected chi connectivity index (χ1v) is 8.46. The summed E-state index contributed by atoms with van der Waals surface area (Å²) in [5, 5.41) is 3.36. The fourth-order valence-corrected chi connectivity index (χ4v) is 3.15. The van der Waals surface area contributed by atoms with Gasteiger partial charge in [-0.1, -0.05) is 0 Å². The maximum Gasteiger partial charge on any atom is 0.305 e. The highest BCUT2D eigenvalue weighted by molar-refractivity contribution is 5.80. The van der Waals surface area contributed by atoms with E-state index in [1.54, 1.807) is 0 Å². The molecule has 126 valence electrons. The van der Waals surface area contributed by atoms with Gasteiger partial charge in [-0.15, -0.1) is 0 Å². The minimum absolute atomic E-state index is 0.133. The zero-order valence-corrected chi connectivity index (χ0v) is 13.9. The predicted molar refractivity (Wildman–Crippen MR) is 85.9 cm³/mol. The van der Waals surface area contributed by atoms with E-state index in [1.807, 2.05) is 6.92 Å². The first-order chi connectivity index (χ1) is 10.7. The Hall–Kier alpha value is -1.30. The molecule has 0 aromatic rings. The molecule has 0 amide bonds. The second-order valence-electron chi connectivity index (χ2n) is 6.12. The van der Waals surface area contributed by atoms with Crippen LogP contribution in [0.3, 0.4) is 0 Å². The van der Waals surface area contributed by atoms with Gasteiger partial charge in [0.25, 0.3) is 0 Å². The molecule has 1 N–H and O–H groups in total. The first kappa shape index (κ1) is 17.1. The van der Waals surface area contributed by atoms with Crippen LogP contribution in [0, 0.1) is 5.41 Å². The van der Waals surface area contributed by atoms with Crippen molar-refractivity contribution in [1.29, 1.82) is 0 Å². The van der Waals surface area contributed by atoms with E-state index in [1.165, 1.54) is 6.42 Å². The summed E-state index contributed by atoms with van der Waals surface area (Å²) in [6, 6.07) is 0. The number of carbonyl (C=O) groups excluding carboxylic acids is 1. The number of nitrogens with zero attached hydrogens (tertiary/aromatic N) is 2. The van der Waals surface area contributed by atoms with Crippen molar-refractivity contribution < 1.29 is 14.3 Å². The number of hydrogen-bond donors (Lipinski definition) is 1. The molecule has 2 fully saturated rings. The van der Waals surface area contributed by atoms with E-state index >= 15 is 0 Å².